The van der Waals surface area contributed by atoms with Gasteiger partial charge in [0.2, 0.25) is 11.8 Å². The fourth-order valence-corrected chi connectivity index (χ4v) is 3.52. The summed E-state index contributed by atoms with van der Waals surface area (Å²) >= 11 is 5.89. The SMILES string of the molecule is C[C@H](OC(=O)[C@H](C)N1C(=O)[C@H]2CC=CC[C@@H]2C1=O)C(=O)Nc1cccnc1Cl. The Morgan fingerprint density at radius 2 is 1.82 bits per heavy atom. The number of rotatable bonds is 5. The van der Waals surface area contributed by atoms with Crippen LogP contribution < -0.4 is 5.32 Å². The Hall–Kier alpha value is -2.74. The molecule has 0 aromatic carbocycles. The van der Waals surface area contributed by atoms with E-state index < -0.39 is 35.9 Å². The minimum Gasteiger partial charge on any atom is -0.451 e. The maximum absolute atomic E-state index is 12.6. The van der Waals surface area contributed by atoms with Crippen molar-refractivity contribution in [2.75, 3.05) is 5.32 Å². The van der Waals surface area contributed by atoms with E-state index in [-0.39, 0.29) is 22.7 Å². The first-order chi connectivity index (χ1) is 13.3. The number of anilines is 1. The number of halogens is 1. The number of nitrogens with one attached hydrogen (secondary N) is 1. The molecule has 0 unspecified atom stereocenters. The van der Waals surface area contributed by atoms with Crippen LogP contribution in [0, 0.1) is 11.8 Å². The fourth-order valence-electron chi connectivity index (χ4n) is 3.35. The average molecular weight is 406 g/mol. The third-order valence-corrected chi connectivity index (χ3v) is 5.25. The lowest BCUT2D eigenvalue weighted by molar-refractivity contribution is -0.163. The highest BCUT2D eigenvalue weighted by Crippen LogP contribution is 2.36. The number of carbonyl (C=O) groups excluding carboxylic acids is 4. The van der Waals surface area contributed by atoms with E-state index in [1.807, 2.05) is 12.2 Å². The minimum atomic E-state index is -1.15. The molecule has 0 radical (unpaired) electrons. The van der Waals surface area contributed by atoms with Crippen LogP contribution in [0.3, 0.4) is 0 Å². The molecule has 1 N–H and O–H groups in total. The van der Waals surface area contributed by atoms with Gasteiger partial charge in [0.15, 0.2) is 11.3 Å². The summed E-state index contributed by atoms with van der Waals surface area (Å²) < 4.78 is 5.17. The molecule has 0 saturated carbocycles. The van der Waals surface area contributed by atoms with Crippen molar-refractivity contribution in [1.29, 1.82) is 0 Å². The van der Waals surface area contributed by atoms with E-state index in [1.54, 1.807) is 12.1 Å². The van der Waals surface area contributed by atoms with Crippen molar-refractivity contribution in [2.45, 2.75) is 38.8 Å². The van der Waals surface area contributed by atoms with Crippen molar-refractivity contribution in [3.8, 4) is 0 Å². The average Bonchev–Trinajstić information content (AvgIpc) is 2.93. The van der Waals surface area contributed by atoms with E-state index in [0.717, 1.165) is 4.90 Å². The number of ether oxygens (including phenoxy) is 1. The third-order valence-electron chi connectivity index (χ3n) is 4.95. The van der Waals surface area contributed by atoms with Crippen LogP contribution in [0.25, 0.3) is 0 Å². The first-order valence-corrected chi connectivity index (χ1v) is 9.32. The van der Waals surface area contributed by atoms with Gasteiger partial charge in [-0.05, 0) is 38.8 Å². The summed E-state index contributed by atoms with van der Waals surface area (Å²) in [6, 6.07) is 2.05. The molecule has 1 aromatic rings. The summed E-state index contributed by atoms with van der Waals surface area (Å²) in [6.07, 6.45) is 5.03. The Balaban J connectivity index is 1.62. The van der Waals surface area contributed by atoms with Crippen LogP contribution in [-0.4, -0.2) is 45.7 Å². The third kappa shape index (κ3) is 3.77. The van der Waals surface area contributed by atoms with Gasteiger partial charge in [-0.25, -0.2) is 9.78 Å². The Bertz CT molecular complexity index is 830. The number of carbonyl (C=O) groups is 4. The predicted molar refractivity (Wildman–Crippen MR) is 100 cm³/mol. The zero-order valence-electron chi connectivity index (χ0n) is 15.4. The number of imide groups is 1. The molecular weight excluding hydrogens is 386 g/mol. The lowest BCUT2D eigenvalue weighted by Gasteiger charge is -2.23. The number of aromatic nitrogens is 1. The number of fused-ring (bicyclic) bond motifs is 1. The summed E-state index contributed by atoms with van der Waals surface area (Å²) in [4.78, 5) is 54.6. The molecule has 2 aliphatic rings. The Morgan fingerprint density at radius 1 is 1.21 bits per heavy atom. The number of pyridine rings is 1. The topological polar surface area (TPSA) is 106 Å². The van der Waals surface area contributed by atoms with Crippen LogP contribution in [0.4, 0.5) is 5.69 Å². The van der Waals surface area contributed by atoms with Crippen LogP contribution in [0.15, 0.2) is 30.5 Å². The van der Waals surface area contributed by atoms with Gasteiger partial charge < -0.3 is 10.1 Å². The molecule has 1 aliphatic heterocycles. The fraction of sp³-hybridized carbons (Fsp3) is 0.421. The number of hydrogen-bond donors (Lipinski definition) is 1. The highest BCUT2D eigenvalue weighted by molar-refractivity contribution is 6.32. The molecule has 9 heteroatoms. The van der Waals surface area contributed by atoms with Crippen molar-refractivity contribution in [3.63, 3.8) is 0 Å². The number of amides is 3. The molecule has 0 bridgehead atoms. The lowest BCUT2D eigenvalue weighted by Crippen LogP contribution is -2.46. The molecule has 4 atom stereocenters. The summed E-state index contributed by atoms with van der Waals surface area (Å²) in [5.41, 5.74) is 0.284. The first kappa shape index (κ1) is 20.0. The van der Waals surface area contributed by atoms with Crippen molar-refractivity contribution in [3.05, 3.63) is 35.6 Å². The molecule has 0 spiro atoms. The van der Waals surface area contributed by atoms with E-state index >= 15 is 0 Å². The highest BCUT2D eigenvalue weighted by atomic mass is 35.5. The van der Waals surface area contributed by atoms with Crippen LogP contribution in [-0.2, 0) is 23.9 Å². The molecule has 148 valence electrons. The molecule has 2 heterocycles. The van der Waals surface area contributed by atoms with Gasteiger partial charge in [-0.15, -0.1) is 0 Å². The van der Waals surface area contributed by atoms with E-state index in [4.69, 9.17) is 16.3 Å². The van der Waals surface area contributed by atoms with Crippen molar-refractivity contribution >= 4 is 41.0 Å². The van der Waals surface area contributed by atoms with E-state index in [1.165, 1.54) is 20.0 Å². The molecule has 1 aliphatic carbocycles. The molecule has 3 rings (SSSR count). The van der Waals surface area contributed by atoms with Crippen molar-refractivity contribution < 1.29 is 23.9 Å². The Kier molecular flexibility index (Phi) is 5.79. The molecule has 1 fully saturated rings. The largest absolute Gasteiger partial charge is 0.451 e. The van der Waals surface area contributed by atoms with E-state index in [9.17, 15) is 19.2 Å². The van der Waals surface area contributed by atoms with Gasteiger partial charge in [-0.1, -0.05) is 23.8 Å². The Labute approximate surface area is 166 Å². The second-order valence-corrected chi connectivity index (χ2v) is 7.15. The van der Waals surface area contributed by atoms with Gasteiger partial charge in [0.05, 0.1) is 17.5 Å². The summed E-state index contributed by atoms with van der Waals surface area (Å²) in [5, 5.41) is 2.62. The first-order valence-electron chi connectivity index (χ1n) is 8.95. The van der Waals surface area contributed by atoms with Crippen LogP contribution in [0.1, 0.15) is 26.7 Å². The Morgan fingerprint density at radius 3 is 2.39 bits per heavy atom. The smallest absolute Gasteiger partial charge is 0.329 e. The zero-order chi connectivity index (χ0) is 20.4. The quantitative estimate of drug-likeness (QED) is 0.347. The summed E-state index contributed by atoms with van der Waals surface area (Å²) in [7, 11) is 0. The molecular formula is C19H20ClN3O5. The minimum absolute atomic E-state index is 0.104. The normalized spacial score (nSPS) is 23.2. The molecule has 3 amide bonds. The number of hydrogen-bond acceptors (Lipinski definition) is 6. The van der Waals surface area contributed by atoms with Gasteiger partial charge >= 0.3 is 5.97 Å². The standard InChI is InChI=1S/C19H20ClN3O5/c1-10(23-17(25)12-6-3-4-7-13(12)18(23)26)19(27)28-11(2)16(24)22-14-8-5-9-21-15(14)20/h3-5,8-13H,6-7H2,1-2H3,(H,22,24)/t10-,11-,12-,13-/m0/s1. The number of likely N-dealkylation sites (tertiary alicyclic amines) is 1. The number of allylic oxidation sites excluding steroid dienone is 2. The molecule has 8 nitrogen and oxygen atoms in total. The van der Waals surface area contributed by atoms with E-state index in [0.29, 0.717) is 12.8 Å². The number of esters is 1. The molecule has 28 heavy (non-hydrogen) atoms. The maximum atomic E-state index is 12.6. The van der Waals surface area contributed by atoms with Gasteiger partial charge in [-0.3, -0.25) is 19.3 Å². The molecule has 1 aromatic heterocycles. The second-order valence-electron chi connectivity index (χ2n) is 6.79. The van der Waals surface area contributed by atoms with Crippen LogP contribution >= 0.6 is 11.6 Å². The van der Waals surface area contributed by atoms with Gasteiger partial charge in [0.1, 0.15) is 6.04 Å². The van der Waals surface area contributed by atoms with Crippen LogP contribution in [0.2, 0.25) is 5.15 Å². The second kappa shape index (κ2) is 8.10. The summed E-state index contributed by atoms with van der Waals surface area (Å²) in [5.74, 6) is -3.03. The van der Waals surface area contributed by atoms with Crippen molar-refractivity contribution in [1.82, 2.24) is 9.88 Å². The van der Waals surface area contributed by atoms with Crippen molar-refractivity contribution in [2.24, 2.45) is 11.8 Å². The number of nitrogens with zero attached hydrogens (tertiary/aromatic N) is 2. The molecule has 1 saturated heterocycles. The van der Waals surface area contributed by atoms with Gasteiger partial charge in [-0.2, -0.15) is 0 Å². The van der Waals surface area contributed by atoms with Gasteiger partial charge in [0.25, 0.3) is 5.91 Å². The van der Waals surface area contributed by atoms with E-state index in [2.05, 4.69) is 10.3 Å². The van der Waals surface area contributed by atoms with Gasteiger partial charge in [0, 0.05) is 6.20 Å². The predicted octanol–water partition coefficient (Wildman–Crippen LogP) is 1.94. The monoisotopic (exact) mass is 405 g/mol. The van der Waals surface area contributed by atoms with Crippen LogP contribution in [0.5, 0.6) is 0 Å². The maximum Gasteiger partial charge on any atom is 0.329 e. The lowest BCUT2D eigenvalue weighted by atomic mass is 9.85. The summed E-state index contributed by atoms with van der Waals surface area (Å²) in [6.45, 7) is 2.81. The highest BCUT2D eigenvalue weighted by Gasteiger charge is 2.50. The zero-order valence-corrected chi connectivity index (χ0v) is 16.2.